The van der Waals surface area contributed by atoms with Crippen LogP contribution in [0, 0.1) is 0 Å². The second-order valence-corrected chi connectivity index (χ2v) is 4.30. The number of ether oxygens (including phenoxy) is 1. The summed E-state index contributed by atoms with van der Waals surface area (Å²) in [5.74, 6) is 1.96. The number of hydrogen-bond donors (Lipinski definition) is 1. The van der Waals surface area contributed by atoms with Gasteiger partial charge in [-0.3, -0.25) is 4.99 Å². The van der Waals surface area contributed by atoms with Crippen LogP contribution >= 0.6 is 28.3 Å². The van der Waals surface area contributed by atoms with Crippen molar-refractivity contribution in [2.75, 3.05) is 20.2 Å². The summed E-state index contributed by atoms with van der Waals surface area (Å²) in [5.41, 5.74) is 1.15. The van der Waals surface area contributed by atoms with Gasteiger partial charge in [-0.05, 0) is 18.2 Å². The fraction of sp³-hybridized carbons (Fsp3) is 0.364. The Morgan fingerprint density at radius 2 is 2.31 bits per heavy atom. The number of hydrogen-bond acceptors (Lipinski definition) is 3. The number of rotatable bonds is 3. The van der Waals surface area contributed by atoms with E-state index in [1.54, 1.807) is 7.11 Å². The van der Waals surface area contributed by atoms with E-state index >= 15 is 0 Å². The average Bonchev–Trinajstić information content (AvgIpc) is 2.71. The number of halogens is 2. The highest BCUT2D eigenvalue weighted by Crippen LogP contribution is 2.23. The van der Waals surface area contributed by atoms with Crippen LogP contribution < -0.4 is 10.1 Å². The van der Waals surface area contributed by atoms with Crippen LogP contribution in [0.4, 0.5) is 0 Å². The molecule has 1 aromatic rings. The van der Waals surface area contributed by atoms with Crippen LogP contribution in [-0.4, -0.2) is 26.0 Å². The molecule has 0 atom stereocenters. The van der Waals surface area contributed by atoms with E-state index in [1.165, 1.54) is 0 Å². The van der Waals surface area contributed by atoms with E-state index in [4.69, 9.17) is 4.74 Å². The van der Waals surface area contributed by atoms with E-state index in [2.05, 4.69) is 32.3 Å². The molecular weight excluding hydrogens is 291 g/mol. The highest BCUT2D eigenvalue weighted by molar-refractivity contribution is 9.10. The SMILES string of the molecule is COc1ccc(Br)cc1CC1=NCCN1.Cl. The lowest BCUT2D eigenvalue weighted by Gasteiger charge is -2.09. The Labute approximate surface area is 110 Å². The van der Waals surface area contributed by atoms with Crippen molar-refractivity contribution in [3.8, 4) is 5.75 Å². The molecular formula is C11H14BrClN2O. The van der Waals surface area contributed by atoms with Crippen molar-refractivity contribution in [1.82, 2.24) is 5.32 Å². The molecule has 1 N–H and O–H groups in total. The average molecular weight is 306 g/mol. The van der Waals surface area contributed by atoms with Gasteiger partial charge in [-0.1, -0.05) is 15.9 Å². The molecule has 1 aromatic carbocycles. The first kappa shape index (κ1) is 13.3. The lowest BCUT2D eigenvalue weighted by atomic mass is 10.1. The Bertz CT molecular complexity index is 396. The smallest absolute Gasteiger partial charge is 0.122 e. The Balaban J connectivity index is 0.00000128. The van der Waals surface area contributed by atoms with Crippen LogP contribution in [0.3, 0.4) is 0 Å². The van der Waals surface area contributed by atoms with E-state index < -0.39 is 0 Å². The summed E-state index contributed by atoms with van der Waals surface area (Å²) in [6, 6.07) is 6.02. The number of benzene rings is 1. The van der Waals surface area contributed by atoms with Gasteiger partial charge >= 0.3 is 0 Å². The third kappa shape index (κ3) is 3.12. The number of methoxy groups -OCH3 is 1. The van der Waals surface area contributed by atoms with Crippen LogP contribution in [-0.2, 0) is 6.42 Å². The van der Waals surface area contributed by atoms with Crippen molar-refractivity contribution in [1.29, 1.82) is 0 Å². The van der Waals surface area contributed by atoms with Crippen molar-refractivity contribution in [2.45, 2.75) is 6.42 Å². The molecule has 0 aliphatic carbocycles. The fourth-order valence-corrected chi connectivity index (χ4v) is 2.04. The van der Waals surface area contributed by atoms with Crippen LogP contribution in [0.15, 0.2) is 27.7 Å². The second-order valence-electron chi connectivity index (χ2n) is 3.39. The van der Waals surface area contributed by atoms with Crippen LogP contribution in [0.2, 0.25) is 0 Å². The molecule has 0 radical (unpaired) electrons. The molecule has 16 heavy (non-hydrogen) atoms. The fourth-order valence-electron chi connectivity index (χ4n) is 1.63. The monoisotopic (exact) mass is 304 g/mol. The molecule has 1 heterocycles. The third-order valence-electron chi connectivity index (χ3n) is 2.34. The van der Waals surface area contributed by atoms with Gasteiger partial charge in [0.1, 0.15) is 11.6 Å². The quantitative estimate of drug-likeness (QED) is 0.930. The van der Waals surface area contributed by atoms with E-state index in [1.807, 2.05) is 12.1 Å². The van der Waals surface area contributed by atoms with Gasteiger partial charge in [0, 0.05) is 23.0 Å². The first-order valence-corrected chi connectivity index (χ1v) is 5.68. The number of amidine groups is 1. The first-order valence-electron chi connectivity index (χ1n) is 4.89. The van der Waals surface area contributed by atoms with Gasteiger partial charge in [0.15, 0.2) is 0 Å². The van der Waals surface area contributed by atoms with E-state index in [-0.39, 0.29) is 12.4 Å². The van der Waals surface area contributed by atoms with Crippen molar-refractivity contribution in [2.24, 2.45) is 4.99 Å². The Kier molecular flexibility index (Phi) is 5.09. The molecule has 0 saturated heterocycles. The molecule has 0 spiro atoms. The van der Waals surface area contributed by atoms with Gasteiger partial charge in [0.05, 0.1) is 13.7 Å². The van der Waals surface area contributed by atoms with Crippen molar-refractivity contribution in [3.05, 3.63) is 28.2 Å². The topological polar surface area (TPSA) is 33.6 Å². The maximum Gasteiger partial charge on any atom is 0.122 e. The highest BCUT2D eigenvalue weighted by atomic mass is 79.9. The van der Waals surface area contributed by atoms with Gasteiger partial charge in [-0.25, -0.2) is 0 Å². The minimum Gasteiger partial charge on any atom is -0.496 e. The van der Waals surface area contributed by atoms with E-state index in [0.29, 0.717) is 0 Å². The number of nitrogens with zero attached hydrogens (tertiary/aromatic N) is 1. The van der Waals surface area contributed by atoms with Crippen molar-refractivity contribution >= 4 is 34.2 Å². The Morgan fingerprint density at radius 3 is 2.94 bits per heavy atom. The van der Waals surface area contributed by atoms with Crippen LogP contribution in [0.5, 0.6) is 5.75 Å². The summed E-state index contributed by atoms with van der Waals surface area (Å²) in [4.78, 5) is 4.37. The van der Waals surface area contributed by atoms with Gasteiger partial charge in [0.25, 0.3) is 0 Å². The molecule has 2 rings (SSSR count). The van der Waals surface area contributed by atoms with Crippen LogP contribution in [0.25, 0.3) is 0 Å². The molecule has 0 amide bonds. The summed E-state index contributed by atoms with van der Waals surface area (Å²) in [5, 5.41) is 3.25. The molecule has 1 aliphatic rings. The summed E-state index contributed by atoms with van der Waals surface area (Å²) in [7, 11) is 1.69. The molecule has 0 unspecified atom stereocenters. The highest BCUT2D eigenvalue weighted by Gasteiger charge is 2.10. The lowest BCUT2D eigenvalue weighted by Crippen LogP contribution is -2.20. The lowest BCUT2D eigenvalue weighted by molar-refractivity contribution is 0.411. The van der Waals surface area contributed by atoms with Gasteiger partial charge in [-0.15, -0.1) is 12.4 Å². The molecule has 0 bridgehead atoms. The van der Waals surface area contributed by atoms with Gasteiger partial charge in [-0.2, -0.15) is 0 Å². The number of aliphatic imine (C=N–C) groups is 1. The van der Waals surface area contributed by atoms with E-state index in [9.17, 15) is 0 Å². The Hall–Kier alpha value is -0.740. The Morgan fingerprint density at radius 1 is 1.50 bits per heavy atom. The summed E-state index contributed by atoms with van der Waals surface area (Å²) in [6.45, 7) is 1.83. The van der Waals surface area contributed by atoms with Gasteiger partial charge < -0.3 is 10.1 Å². The molecule has 3 nitrogen and oxygen atoms in total. The molecule has 1 aliphatic heterocycles. The molecule has 5 heteroatoms. The minimum atomic E-state index is 0. The van der Waals surface area contributed by atoms with Gasteiger partial charge in [0.2, 0.25) is 0 Å². The minimum absolute atomic E-state index is 0. The standard InChI is InChI=1S/C11H13BrN2O.ClH/c1-15-10-3-2-9(12)6-8(10)7-11-13-4-5-14-11;/h2-3,6H,4-5,7H2,1H3,(H,13,14);1H. The normalized spacial score (nSPS) is 13.8. The molecule has 0 fully saturated rings. The van der Waals surface area contributed by atoms with Crippen molar-refractivity contribution < 1.29 is 4.74 Å². The molecule has 0 aromatic heterocycles. The van der Waals surface area contributed by atoms with Crippen LogP contribution in [0.1, 0.15) is 5.56 Å². The predicted molar refractivity (Wildman–Crippen MR) is 72.0 cm³/mol. The molecule has 88 valence electrons. The van der Waals surface area contributed by atoms with E-state index in [0.717, 1.165) is 41.1 Å². The zero-order chi connectivity index (χ0) is 10.7. The summed E-state index contributed by atoms with van der Waals surface area (Å²) < 4.78 is 6.37. The summed E-state index contributed by atoms with van der Waals surface area (Å²) >= 11 is 3.46. The largest absolute Gasteiger partial charge is 0.496 e. The first-order chi connectivity index (χ1) is 7.29. The van der Waals surface area contributed by atoms with Crippen molar-refractivity contribution in [3.63, 3.8) is 0 Å². The maximum absolute atomic E-state index is 5.31. The second kappa shape index (κ2) is 6.11. The molecule has 0 saturated carbocycles. The zero-order valence-corrected chi connectivity index (χ0v) is 11.4. The zero-order valence-electron chi connectivity index (χ0n) is 9.00. The third-order valence-corrected chi connectivity index (χ3v) is 2.84. The summed E-state index contributed by atoms with van der Waals surface area (Å²) in [6.07, 6.45) is 0.808. The predicted octanol–water partition coefficient (Wildman–Crippen LogP) is 2.42. The maximum atomic E-state index is 5.31. The number of nitrogens with one attached hydrogen (secondary N) is 1.